The van der Waals surface area contributed by atoms with Crippen LogP contribution in [0.2, 0.25) is 0 Å². The van der Waals surface area contributed by atoms with Gasteiger partial charge in [0.2, 0.25) is 5.91 Å². The lowest BCUT2D eigenvalue weighted by Crippen LogP contribution is -2.43. The predicted molar refractivity (Wildman–Crippen MR) is 95.6 cm³/mol. The zero-order valence-corrected chi connectivity index (χ0v) is 15.7. The van der Waals surface area contributed by atoms with Gasteiger partial charge < -0.3 is 14.4 Å². The van der Waals surface area contributed by atoms with Crippen molar-refractivity contribution in [3.8, 4) is 0 Å². The molecule has 4 rings (SSSR count). The number of rotatable bonds is 4. The van der Waals surface area contributed by atoms with Gasteiger partial charge in [-0.25, -0.2) is 4.79 Å². The molecule has 2 saturated heterocycles. The zero-order valence-electron chi connectivity index (χ0n) is 15.7. The quantitative estimate of drug-likeness (QED) is 0.893. The fourth-order valence-electron chi connectivity index (χ4n) is 4.57. The van der Waals surface area contributed by atoms with Crippen LogP contribution >= 0.6 is 0 Å². The summed E-state index contributed by atoms with van der Waals surface area (Å²) < 4.78 is 5.79. The third kappa shape index (κ3) is 3.27. The van der Waals surface area contributed by atoms with E-state index in [1.165, 1.54) is 5.56 Å². The van der Waals surface area contributed by atoms with Gasteiger partial charge in [0.25, 0.3) is 0 Å². The first-order valence-electron chi connectivity index (χ1n) is 9.68. The van der Waals surface area contributed by atoms with E-state index in [2.05, 4.69) is 17.9 Å². The molecule has 1 N–H and O–H groups in total. The number of hydrogen-bond acceptors (Lipinski definition) is 4. The lowest BCUT2D eigenvalue weighted by atomic mass is 9.76. The van der Waals surface area contributed by atoms with Crippen molar-refractivity contribution in [3.05, 3.63) is 23.2 Å². The van der Waals surface area contributed by atoms with Crippen molar-refractivity contribution < 1.29 is 19.1 Å². The van der Waals surface area contributed by atoms with E-state index in [9.17, 15) is 14.7 Å². The van der Waals surface area contributed by atoms with Gasteiger partial charge in [-0.2, -0.15) is 0 Å². The standard InChI is InChI=1S/C20H28N2O4/c1-13-9-16(26-14(13)2)11-21-7-5-20(6-8-21)10-17(19(24)25)22(12-20)18(23)15-3-4-15/h9,15,17H,3-8,10-12H2,1-2H3,(H,24,25)/t17-/m1/s1. The Hall–Kier alpha value is -1.82. The summed E-state index contributed by atoms with van der Waals surface area (Å²) >= 11 is 0. The maximum absolute atomic E-state index is 12.5. The number of carboxylic acid groups (broad SMARTS) is 1. The van der Waals surface area contributed by atoms with E-state index in [-0.39, 0.29) is 17.2 Å². The molecule has 3 fully saturated rings. The molecule has 6 heteroatoms. The summed E-state index contributed by atoms with van der Waals surface area (Å²) in [6.07, 6.45) is 4.34. The van der Waals surface area contributed by atoms with E-state index in [0.717, 1.165) is 56.8 Å². The minimum absolute atomic E-state index is 0.0287. The van der Waals surface area contributed by atoms with Crippen molar-refractivity contribution >= 4 is 11.9 Å². The van der Waals surface area contributed by atoms with Crippen LogP contribution in [0, 0.1) is 25.2 Å². The first-order chi connectivity index (χ1) is 12.4. The number of furan rings is 1. The second-order valence-corrected chi connectivity index (χ2v) is 8.53. The molecule has 1 aromatic heterocycles. The summed E-state index contributed by atoms with van der Waals surface area (Å²) in [5.41, 5.74) is 1.15. The molecule has 3 aliphatic rings. The normalized spacial score (nSPS) is 25.8. The molecular weight excluding hydrogens is 332 g/mol. The number of carboxylic acids is 1. The maximum Gasteiger partial charge on any atom is 0.326 e. The molecule has 3 heterocycles. The Morgan fingerprint density at radius 1 is 1.27 bits per heavy atom. The summed E-state index contributed by atoms with van der Waals surface area (Å²) in [6, 6.07) is 1.47. The number of aryl methyl sites for hydroxylation is 2. The number of carbonyl (C=O) groups excluding carboxylic acids is 1. The highest BCUT2D eigenvalue weighted by Crippen LogP contribution is 2.45. The molecule has 6 nitrogen and oxygen atoms in total. The zero-order chi connectivity index (χ0) is 18.5. The van der Waals surface area contributed by atoms with E-state index in [1.807, 2.05) is 6.92 Å². The van der Waals surface area contributed by atoms with Crippen molar-refractivity contribution in [3.63, 3.8) is 0 Å². The van der Waals surface area contributed by atoms with Gasteiger partial charge >= 0.3 is 5.97 Å². The number of carbonyl (C=O) groups is 2. The Kier molecular flexibility index (Phi) is 4.34. The minimum atomic E-state index is -0.847. The molecule has 26 heavy (non-hydrogen) atoms. The van der Waals surface area contributed by atoms with Crippen molar-refractivity contribution in [2.24, 2.45) is 11.3 Å². The monoisotopic (exact) mass is 360 g/mol. The van der Waals surface area contributed by atoms with Crippen LogP contribution in [0.5, 0.6) is 0 Å². The van der Waals surface area contributed by atoms with Crippen LogP contribution < -0.4 is 0 Å². The molecule has 1 aromatic rings. The number of aliphatic carboxylic acids is 1. The van der Waals surface area contributed by atoms with E-state index < -0.39 is 12.0 Å². The summed E-state index contributed by atoms with van der Waals surface area (Å²) in [6.45, 7) is 7.32. The first-order valence-corrected chi connectivity index (χ1v) is 9.68. The van der Waals surface area contributed by atoms with Crippen LogP contribution in [-0.2, 0) is 16.1 Å². The van der Waals surface area contributed by atoms with Crippen LogP contribution in [-0.4, -0.2) is 52.5 Å². The molecule has 0 radical (unpaired) electrons. The van der Waals surface area contributed by atoms with Gasteiger partial charge in [0.1, 0.15) is 17.6 Å². The van der Waals surface area contributed by atoms with Gasteiger partial charge in [0, 0.05) is 12.5 Å². The van der Waals surface area contributed by atoms with Crippen molar-refractivity contribution in [1.29, 1.82) is 0 Å². The van der Waals surface area contributed by atoms with Gasteiger partial charge in [-0.3, -0.25) is 9.69 Å². The summed E-state index contributed by atoms with van der Waals surface area (Å²) in [4.78, 5) is 28.3. The third-order valence-corrected chi connectivity index (χ3v) is 6.52. The molecule has 1 spiro atoms. The maximum atomic E-state index is 12.5. The SMILES string of the molecule is Cc1cc(CN2CCC3(CC2)C[C@H](C(=O)O)N(C(=O)C2CC2)C3)oc1C. The topological polar surface area (TPSA) is 74.0 Å². The number of piperidine rings is 1. The van der Waals surface area contributed by atoms with Gasteiger partial charge in [-0.15, -0.1) is 0 Å². The first kappa shape index (κ1) is 17.6. The van der Waals surface area contributed by atoms with Gasteiger partial charge in [0.05, 0.1) is 6.54 Å². The molecule has 1 saturated carbocycles. The Labute approximate surface area is 154 Å². The third-order valence-electron chi connectivity index (χ3n) is 6.52. The Morgan fingerprint density at radius 3 is 2.50 bits per heavy atom. The molecule has 0 bridgehead atoms. The van der Waals surface area contributed by atoms with Crippen molar-refractivity contribution in [1.82, 2.24) is 9.80 Å². The Balaban J connectivity index is 1.39. The number of likely N-dealkylation sites (tertiary alicyclic amines) is 2. The van der Waals surface area contributed by atoms with Gasteiger partial charge in [0.15, 0.2) is 0 Å². The van der Waals surface area contributed by atoms with E-state index in [1.54, 1.807) is 4.90 Å². The molecule has 2 aliphatic heterocycles. The molecule has 1 amide bonds. The van der Waals surface area contributed by atoms with Crippen molar-refractivity contribution in [2.45, 2.75) is 58.5 Å². The van der Waals surface area contributed by atoms with Gasteiger partial charge in [-0.1, -0.05) is 0 Å². The van der Waals surface area contributed by atoms with E-state index in [4.69, 9.17) is 4.42 Å². The van der Waals surface area contributed by atoms with Gasteiger partial charge in [-0.05, 0) is 76.1 Å². The highest BCUT2D eigenvalue weighted by Gasteiger charge is 2.51. The molecule has 1 atom stereocenters. The van der Waals surface area contributed by atoms with Crippen LogP contribution in [0.3, 0.4) is 0 Å². The Morgan fingerprint density at radius 2 is 1.96 bits per heavy atom. The minimum Gasteiger partial charge on any atom is -0.480 e. The lowest BCUT2D eigenvalue weighted by Gasteiger charge is -2.38. The number of hydrogen-bond donors (Lipinski definition) is 1. The average molecular weight is 360 g/mol. The van der Waals surface area contributed by atoms with Crippen LogP contribution in [0.25, 0.3) is 0 Å². The Bertz CT molecular complexity index is 694. The summed E-state index contributed by atoms with van der Waals surface area (Å²) in [5, 5.41) is 9.61. The largest absolute Gasteiger partial charge is 0.480 e. The number of nitrogens with zero attached hydrogens (tertiary/aromatic N) is 2. The molecule has 1 aliphatic carbocycles. The highest BCUT2D eigenvalue weighted by molar-refractivity contribution is 5.87. The fourth-order valence-corrected chi connectivity index (χ4v) is 4.57. The average Bonchev–Trinajstić information content (AvgIpc) is 3.31. The lowest BCUT2D eigenvalue weighted by molar-refractivity contribution is -0.148. The second kappa shape index (κ2) is 6.41. The van der Waals surface area contributed by atoms with E-state index in [0.29, 0.717) is 13.0 Å². The summed E-state index contributed by atoms with van der Waals surface area (Å²) in [7, 11) is 0. The number of amides is 1. The fraction of sp³-hybridized carbons (Fsp3) is 0.700. The smallest absolute Gasteiger partial charge is 0.326 e. The second-order valence-electron chi connectivity index (χ2n) is 8.53. The van der Waals surface area contributed by atoms with Crippen LogP contribution in [0.4, 0.5) is 0 Å². The predicted octanol–water partition coefficient (Wildman–Crippen LogP) is 2.57. The molecule has 0 aromatic carbocycles. The van der Waals surface area contributed by atoms with Crippen LogP contribution in [0.1, 0.15) is 49.2 Å². The summed E-state index contributed by atoms with van der Waals surface area (Å²) in [5.74, 6) is 1.27. The molecule has 142 valence electrons. The molecular formula is C20H28N2O4. The van der Waals surface area contributed by atoms with Crippen LogP contribution in [0.15, 0.2) is 10.5 Å². The molecule has 0 unspecified atom stereocenters. The van der Waals surface area contributed by atoms with E-state index >= 15 is 0 Å². The highest BCUT2D eigenvalue weighted by atomic mass is 16.4. The van der Waals surface area contributed by atoms with Crippen molar-refractivity contribution in [2.75, 3.05) is 19.6 Å².